The molecule has 0 amide bonds. The van der Waals surface area contributed by atoms with Gasteiger partial charge in [0.15, 0.2) is 0 Å². The van der Waals surface area contributed by atoms with Crippen molar-refractivity contribution in [3.8, 4) is 0 Å². The van der Waals surface area contributed by atoms with Gasteiger partial charge >= 0.3 is 0 Å². The first-order chi connectivity index (χ1) is 4.91. The largest absolute Gasteiger partial charge is 0.396 e. The summed E-state index contributed by atoms with van der Waals surface area (Å²) in [4.78, 5) is 0. The lowest BCUT2D eigenvalue weighted by Crippen LogP contribution is -1.78. The van der Waals surface area contributed by atoms with Gasteiger partial charge in [-0.3, -0.25) is 0 Å². The zero-order valence-corrected chi connectivity index (χ0v) is 6.84. The highest BCUT2D eigenvalue weighted by molar-refractivity contribution is 4.80. The molecular weight excluding hydrogens is 124 g/mol. The van der Waals surface area contributed by atoms with E-state index in [0.29, 0.717) is 6.61 Å². The van der Waals surface area contributed by atoms with E-state index in [9.17, 15) is 0 Å². The first-order valence-electron chi connectivity index (χ1n) is 4.17. The van der Waals surface area contributed by atoms with Crippen LogP contribution in [0.15, 0.2) is 12.2 Å². The zero-order valence-electron chi connectivity index (χ0n) is 6.84. The van der Waals surface area contributed by atoms with Crippen molar-refractivity contribution in [2.45, 2.75) is 39.0 Å². The van der Waals surface area contributed by atoms with Crippen molar-refractivity contribution in [1.82, 2.24) is 0 Å². The maximum absolute atomic E-state index is 8.44. The second-order valence-electron chi connectivity index (χ2n) is 2.48. The van der Waals surface area contributed by atoms with Crippen molar-refractivity contribution < 1.29 is 5.11 Å². The van der Waals surface area contributed by atoms with Gasteiger partial charge < -0.3 is 5.11 Å². The van der Waals surface area contributed by atoms with Crippen molar-refractivity contribution in [2.75, 3.05) is 6.61 Å². The number of rotatable bonds is 6. The predicted molar refractivity (Wildman–Crippen MR) is 45.0 cm³/mol. The van der Waals surface area contributed by atoms with Crippen LogP contribution in [-0.2, 0) is 0 Å². The molecule has 0 rings (SSSR count). The summed E-state index contributed by atoms with van der Waals surface area (Å²) >= 11 is 0. The molecule has 0 unspecified atom stereocenters. The number of hydrogen-bond acceptors (Lipinski definition) is 1. The van der Waals surface area contributed by atoms with E-state index >= 15 is 0 Å². The third kappa shape index (κ3) is 7.70. The van der Waals surface area contributed by atoms with Crippen LogP contribution >= 0.6 is 0 Å². The molecule has 0 atom stereocenters. The minimum absolute atomic E-state index is 0.318. The molecule has 1 heteroatoms. The van der Waals surface area contributed by atoms with E-state index < -0.39 is 0 Å². The molecule has 0 aromatic carbocycles. The van der Waals surface area contributed by atoms with E-state index in [0.717, 1.165) is 12.8 Å². The average molecular weight is 142 g/mol. The lowest BCUT2D eigenvalue weighted by Gasteiger charge is -1.89. The van der Waals surface area contributed by atoms with Gasteiger partial charge in [0.2, 0.25) is 0 Å². The fourth-order valence-corrected chi connectivity index (χ4v) is 0.767. The summed E-state index contributed by atoms with van der Waals surface area (Å²) in [5.74, 6) is 0. The Kier molecular flexibility index (Phi) is 8.44. The van der Waals surface area contributed by atoms with Crippen molar-refractivity contribution in [1.29, 1.82) is 0 Å². The SMILES string of the molecule is CCCC/C=C/CCCO. The van der Waals surface area contributed by atoms with Gasteiger partial charge in [0, 0.05) is 6.61 Å². The summed E-state index contributed by atoms with van der Waals surface area (Å²) in [5, 5.41) is 8.44. The average Bonchev–Trinajstić information content (AvgIpc) is 1.97. The molecule has 0 aliphatic heterocycles. The second kappa shape index (κ2) is 8.70. The van der Waals surface area contributed by atoms with Crippen LogP contribution in [0, 0.1) is 0 Å². The number of aliphatic hydroxyl groups excluding tert-OH is 1. The van der Waals surface area contributed by atoms with E-state index in [1.165, 1.54) is 19.3 Å². The fraction of sp³-hybridized carbons (Fsp3) is 0.778. The smallest absolute Gasteiger partial charge is 0.0433 e. The summed E-state index contributed by atoms with van der Waals surface area (Å²) in [6.07, 6.45) is 10.1. The summed E-state index contributed by atoms with van der Waals surface area (Å²) in [5.41, 5.74) is 0. The molecule has 0 aromatic rings. The van der Waals surface area contributed by atoms with Crippen LogP contribution in [0.25, 0.3) is 0 Å². The third-order valence-corrected chi connectivity index (χ3v) is 1.42. The molecular formula is C9H18O. The molecule has 0 bridgehead atoms. The minimum Gasteiger partial charge on any atom is -0.396 e. The molecule has 0 aromatic heterocycles. The highest BCUT2D eigenvalue weighted by Gasteiger charge is 1.79. The van der Waals surface area contributed by atoms with Crippen LogP contribution in [-0.4, -0.2) is 11.7 Å². The van der Waals surface area contributed by atoms with Gasteiger partial charge in [-0.15, -0.1) is 0 Å². The van der Waals surface area contributed by atoms with E-state index in [1.807, 2.05) is 0 Å². The quantitative estimate of drug-likeness (QED) is 0.446. The third-order valence-electron chi connectivity index (χ3n) is 1.42. The van der Waals surface area contributed by atoms with Gasteiger partial charge in [0.25, 0.3) is 0 Å². The molecule has 0 aliphatic carbocycles. The molecule has 10 heavy (non-hydrogen) atoms. The molecule has 0 saturated carbocycles. The molecule has 0 saturated heterocycles. The number of unbranched alkanes of at least 4 members (excludes halogenated alkanes) is 3. The highest BCUT2D eigenvalue weighted by Crippen LogP contribution is 1.97. The molecule has 0 spiro atoms. The lowest BCUT2D eigenvalue weighted by atomic mass is 10.2. The number of allylic oxidation sites excluding steroid dienone is 2. The Bertz CT molecular complexity index is 66.8. The Morgan fingerprint density at radius 1 is 1.10 bits per heavy atom. The van der Waals surface area contributed by atoms with Gasteiger partial charge in [-0.1, -0.05) is 31.9 Å². The lowest BCUT2D eigenvalue weighted by molar-refractivity contribution is 0.289. The summed E-state index contributed by atoms with van der Waals surface area (Å²) in [6, 6.07) is 0. The maximum Gasteiger partial charge on any atom is 0.0433 e. The fourth-order valence-electron chi connectivity index (χ4n) is 0.767. The highest BCUT2D eigenvalue weighted by atomic mass is 16.2. The molecule has 0 fully saturated rings. The van der Waals surface area contributed by atoms with Crippen LogP contribution in [0.2, 0.25) is 0 Å². The van der Waals surface area contributed by atoms with Crippen LogP contribution < -0.4 is 0 Å². The van der Waals surface area contributed by atoms with Gasteiger partial charge in [-0.25, -0.2) is 0 Å². The Morgan fingerprint density at radius 3 is 2.20 bits per heavy atom. The van der Waals surface area contributed by atoms with Crippen LogP contribution in [0.3, 0.4) is 0 Å². The molecule has 60 valence electrons. The van der Waals surface area contributed by atoms with E-state index in [-0.39, 0.29) is 0 Å². The first kappa shape index (κ1) is 9.70. The van der Waals surface area contributed by atoms with Crippen LogP contribution in [0.4, 0.5) is 0 Å². The van der Waals surface area contributed by atoms with Gasteiger partial charge in [-0.2, -0.15) is 0 Å². The molecule has 1 nitrogen and oxygen atoms in total. The number of aliphatic hydroxyl groups is 1. The van der Waals surface area contributed by atoms with E-state index in [2.05, 4.69) is 19.1 Å². The zero-order chi connectivity index (χ0) is 7.66. The van der Waals surface area contributed by atoms with E-state index in [1.54, 1.807) is 0 Å². The first-order valence-corrected chi connectivity index (χ1v) is 4.17. The summed E-state index contributed by atoms with van der Waals surface area (Å²) in [7, 11) is 0. The van der Waals surface area contributed by atoms with Crippen molar-refractivity contribution in [2.24, 2.45) is 0 Å². The second-order valence-corrected chi connectivity index (χ2v) is 2.48. The standard InChI is InChI=1S/C9H18O/c1-2-3-4-5-6-7-8-9-10/h5-6,10H,2-4,7-9H2,1H3/b6-5+. The van der Waals surface area contributed by atoms with Crippen molar-refractivity contribution in [3.05, 3.63) is 12.2 Å². The van der Waals surface area contributed by atoms with E-state index in [4.69, 9.17) is 5.11 Å². The monoisotopic (exact) mass is 142 g/mol. The summed E-state index contributed by atoms with van der Waals surface area (Å²) < 4.78 is 0. The van der Waals surface area contributed by atoms with Gasteiger partial charge in [-0.05, 0) is 19.3 Å². The molecule has 0 aliphatic rings. The Balaban J connectivity index is 2.89. The van der Waals surface area contributed by atoms with Crippen molar-refractivity contribution in [3.63, 3.8) is 0 Å². The van der Waals surface area contributed by atoms with Crippen LogP contribution in [0.5, 0.6) is 0 Å². The molecule has 0 heterocycles. The Morgan fingerprint density at radius 2 is 1.70 bits per heavy atom. The predicted octanol–water partition coefficient (Wildman–Crippen LogP) is 2.51. The van der Waals surface area contributed by atoms with Crippen molar-refractivity contribution >= 4 is 0 Å². The Labute approximate surface area is 63.8 Å². The molecule has 1 N–H and O–H groups in total. The summed E-state index contributed by atoms with van der Waals surface area (Å²) in [6.45, 7) is 2.51. The van der Waals surface area contributed by atoms with Crippen LogP contribution in [0.1, 0.15) is 39.0 Å². The number of hydrogen-bond donors (Lipinski definition) is 1. The Hall–Kier alpha value is -0.300. The topological polar surface area (TPSA) is 20.2 Å². The normalized spacial score (nSPS) is 11.0. The minimum atomic E-state index is 0.318. The molecule has 0 radical (unpaired) electrons. The van der Waals surface area contributed by atoms with Gasteiger partial charge in [0.1, 0.15) is 0 Å². The van der Waals surface area contributed by atoms with Gasteiger partial charge in [0.05, 0.1) is 0 Å². The maximum atomic E-state index is 8.44.